The maximum Gasteiger partial charge on any atom is 0.164 e. The molecule has 0 aliphatic heterocycles. The van der Waals surface area contributed by atoms with Gasteiger partial charge in [-0.15, -0.1) is 0 Å². The Bertz CT molecular complexity index is 562. The molecule has 1 heteroatoms. The van der Waals surface area contributed by atoms with Crippen molar-refractivity contribution in [1.29, 1.82) is 0 Å². The highest BCUT2D eigenvalue weighted by atomic mass is 16.1. The Hall–Kier alpha value is -1.37. The lowest BCUT2D eigenvalue weighted by Gasteiger charge is -2.19. The van der Waals surface area contributed by atoms with Crippen molar-refractivity contribution in [2.24, 2.45) is 10.8 Å². The lowest BCUT2D eigenvalue weighted by atomic mass is 9.85. The van der Waals surface area contributed by atoms with Gasteiger partial charge in [-0.3, -0.25) is 4.79 Å². The predicted molar refractivity (Wildman–Crippen MR) is 85.7 cm³/mol. The molecule has 2 rings (SSSR count). The number of carbonyl (C=O) groups is 1. The molecule has 0 saturated heterocycles. The van der Waals surface area contributed by atoms with E-state index >= 15 is 0 Å². The molecule has 108 valence electrons. The molecule has 20 heavy (non-hydrogen) atoms. The summed E-state index contributed by atoms with van der Waals surface area (Å²) in [7, 11) is 0. The standard InChI is InChI=1S/C19H26O/c1-18(2,3)12-13-7-8-14-10-16(11-15(14)9-13)17(20)19(4,5)6/h7-10H,11-12H2,1-6H3. The second-order valence-corrected chi connectivity index (χ2v) is 8.20. The third kappa shape index (κ3) is 3.39. The summed E-state index contributed by atoms with van der Waals surface area (Å²) in [6.45, 7) is 12.7. The van der Waals surface area contributed by atoms with Crippen LogP contribution in [0.15, 0.2) is 23.8 Å². The smallest absolute Gasteiger partial charge is 0.164 e. The second kappa shape index (κ2) is 4.87. The quantitative estimate of drug-likeness (QED) is 0.752. The summed E-state index contributed by atoms with van der Waals surface area (Å²) < 4.78 is 0. The number of hydrogen-bond donors (Lipinski definition) is 0. The van der Waals surface area contributed by atoms with E-state index in [-0.39, 0.29) is 11.2 Å². The van der Waals surface area contributed by atoms with E-state index in [2.05, 4.69) is 45.0 Å². The van der Waals surface area contributed by atoms with E-state index in [9.17, 15) is 4.79 Å². The van der Waals surface area contributed by atoms with E-state index in [4.69, 9.17) is 0 Å². The first kappa shape index (κ1) is 15.0. The minimum absolute atomic E-state index is 0.270. The molecule has 0 fully saturated rings. The Balaban J connectivity index is 2.21. The molecule has 0 atom stereocenters. The van der Waals surface area contributed by atoms with Gasteiger partial charge in [0, 0.05) is 17.4 Å². The minimum atomic E-state index is -0.290. The van der Waals surface area contributed by atoms with Crippen molar-refractivity contribution >= 4 is 11.9 Å². The number of ketones is 1. The topological polar surface area (TPSA) is 17.1 Å². The summed E-state index contributed by atoms with van der Waals surface area (Å²) in [4.78, 5) is 12.4. The van der Waals surface area contributed by atoms with Crippen molar-refractivity contribution < 1.29 is 4.79 Å². The molecule has 0 amide bonds. The predicted octanol–water partition coefficient (Wildman–Crippen LogP) is 4.83. The zero-order valence-corrected chi connectivity index (χ0v) is 13.6. The molecule has 1 aliphatic carbocycles. The largest absolute Gasteiger partial charge is 0.294 e. The third-order valence-corrected chi connectivity index (χ3v) is 3.63. The molecule has 0 radical (unpaired) electrons. The minimum Gasteiger partial charge on any atom is -0.294 e. The average Bonchev–Trinajstić information content (AvgIpc) is 2.67. The van der Waals surface area contributed by atoms with Crippen molar-refractivity contribution in [3.05, 3.63) is 40.5 Å². The second-order valence-electron chi connectivity index (χ2n) is 8.20. The van der Waals surface area contributed by atoms with Gasteiger partial charge in [0.2, 0.25) is 0 Å². The SMILES string of the molecule is CC(C)(C)Cc1ccc2c(c1)CC(C(=O)C(C)(C)C)=C2. The van der Waals surface area contributed by atoms with Gasteiger partial charge in [0.25, 0.3) is 0 Å². The van der Waals surface area contributed by atoms with Crippen molar-refractivity contribution in [1.82, 2.24) is 0 Å². The van der Waals surface area contributed by atoms with Crippen LogP contribution in [-0.4, -0.2) is 5.78 Å². The number of allylic oxidation sites excluding steroid dienone is 1. The van der Waals surface area contributed by atoms with Crippen LogP contribution < -0.4 is 0 Å². The summed E-state index contributed by atoms with van der Waals surface area (Å²) in [5.74, 6) is 0.270. The molecular weight excluding hydrogens is 244 g/mol. The molecular formula is C19H26O. The highest BCUT2D eigenvalue weighted by Crippen LogP contribution is 2.32. The summed E-state index contributed by atoms with van der Waals surface area (Å²) in [5, 5.41) is 0. The lowest BCUT2D eigenvalue weighted by Crippen LogP contribution is -2.21. The van der Waals surface area contributed by atoms with E-state index in [0.29, 0.717) is 5.41 Å². The summed E-state index contributed by atoms with van der Waals surface area (Å²) in [5.41, 5.74) is 4.86. The molecule has 1 aliphatic rings. The molecule has 0 saturated carbocycles. The number of carbonyl (C=O) groups excluding carboxylic acids is 1. The van der Waals surface area contributed by atoms with Crippen LogP contribution in [0.5, 0.6) is 0 Å². The van der Waals surface area contributed by atoms with E-state index < -0.39 is 0 Å². The van der Waals surface area contributed by atoms with Gasteiger partial charge >= 0.3 is 0 Å². The van der Waals surface area contributed by atoms with Crippen molar-refractivity contribution in [3.63, 3.8) is 0 Å². The molecule has 1 aromatic carbocycles. The average molecular weight is 270 g/mol. The zero-order chi connectivity index (χ0) is 15.1. The van der Waals surface area contributed by atoms with Crippen LogP contribution in [0.2, 0.25) is 0 Å². The number of Topliss-reactive ketones (excluding diaryl/α,β-unsaturated/α-hetero) is 1. The zero-order valence-electron chi connectivity index (χ0n) is 13.6. The van der Waals surface area contributed by atoms with Crippen LogP contribution in [0.4, 0.5) is 0 Å². The fraction of sp³-hybridized carbons (Fsp3) is 0.526. The molecule has 0 spiro atoms. The fourth-order valence-electron chi connectivity index (χ4n) is 2.75. The maximum absolute atomic E-state index is 12.4. The van der Waals surface area contributed by atoms with Crippen molar-refractivity contribution in [3.8, 4) is 0 Å². The molecule has 0 heterocycles. The first-order chi connectivity index (χ1) is 9.06. The van der Waals surface area contributed by atoms with Gasteiger partial charge in [-0.1, -0.05) is 59.7 Å². The van der Waals surface area contributed by atoms with Crippen LogP contribution in [0, 0.1) is 10.8 Å². The van der Waals surface area contributed by atoms with Gasteiger partial charge in [0.05, 0.1) is 0 Å². The summed E-state index contributed by atoms with van der Waals surface area (Å²) in [6, 6.07) is 6.64. The maximum atomic E-state index is 12.4. The number of fused-ring (bicyclic) bond motifs is 1. The third-order valence-electron chi connectivity index (χ3n) is 3.63. The number of benzene rings is 1. The Morgan fingerprint density at radius 1 is 1.10 bits per heavy atom. The normalized spacial score (nSPS) is 15.0. The molecule has 0 N–H and O–H groups in total. The molecule has 1 nitrogen and oxygen atoms in total. The van der Waals surface area contributed by atoms with Crippen LogP contribution in [0.25, 0.3) is 6.08 Å². The van der Waals surface area contributed by atoms with Gasteiger partial charge in [0.15, 0.2) is 5.78 Å². The van der Waals surface area contributed by atoms with Crippen LogP contribution in [0.1, 0.15) is 58.2 Å². The molecule has 0 bridgehead atoms. The fourth-order valence-corrected chi connectivity index (χ4v) is 2.75. The van der Waals surface area contributed by atoms with Crippen molar-refractivity contribution in [2.45, 2.75) is 54.4 Å². The monoisotopic (exact) mass is 270 g/mol. The molecule has 0 unspecified atom stereocenters. The molecule has 0 aromatic heterocycles. The van der Waals surface area contributed by atoms with Gasteiger partial charge in [-0.05, 0) is 34.6 Å². The van der Waals surface area contributed by atoms with E-state index in [1.165, 1.54) is 16.7 Å². The Morgan fingerprint density at radius 2 is 1.75 bits per heavy atom. The van der Waals surface area contributed by atoms with E-state index in [1.54, 1.807) is 0 Å². The summed E-state index contributed by atoms with van der Waals surface area (Å²) in [6.07, 6.45) is 3.94. The van der Waals surface area contributed by atoms with Gasteiger partial charge in [-0.2, -0.15) is 0 Å². The summed E-state index contributed by atoms with van der Waals surface area (Å²) >= 11 is 0. The van der Waals surface area contributed by atoms with Crippen LogP contribution >= 0.6 is 0 Å². The van der Waals surface area contributed by atoms with E-state index in [1.807, 2.05) is 20.8 Å². The highest BCUT2D eigenvalue weighted by molar-refractivity contribution is 6.04. The van der Waals surface area contributed by atoms with E-state index in [0.717, 1.165) is 18.4 Å². The first-order valence-electron chi connectivity index (χ1n) is 7.43. The molecule has 1 aromatic rings. The Labute approximate surface area is 123 Å². The van der Waals surface area contributed by atoms with Gasteiger partial charge < -0.3 is 0 Å². The van der Waals surface area contributed by atoms with Gasteiger partial charge in [0.1, 0.15) is 0 Å². The number of rotatable bonds is 2. The van der Waals surface area contributed by atoms with Crippen molar-refractivity contribution in [2.75, 3.05) is 0 Å². The van der Waals surface area contributed by atoms with Gasteiger partial charge in [-0.25, -0.2) is 0 Å². The lowest BCUT2D eigenvalue weighted by molar-refractivity contribution is -0.122. The van der Waals surface area contributed by atoms with Crippen LogP contribution in [0.3, 0.4) is 0 Å². The Kier molecular flexibility index (Phi) is 3.66. The number of hydrogen-bond acceptors (Lipinski definition) is 1. The Morgan fingerprint density at radius 3 is 2.30 bits per heavy atom. The van der Waals surface area contributed by atoms with Crippen LogP contribution in [-0.2, 0) is 17.6 Å². The highest BCUT2D eigenvalue weighted by Gasteiger charge is 2.28. The first-order valence-corrected chi connectivity index (χ1v) is 7.43.